The molecule has 0 N–H and O–H groups in total. The van der Waals surface area contributed by atoms with Crippen LogP contribution in [-0.2, 0) is 0 Å². The topological polar surface area (TPSA) is 45.2 Å². The van der Waals surface area contributed by atoms with Crippen LogP contribution in [0.15, 0.2) is 67.1 Å². The Kier molecular flexibility index (Phi) is 4.87. The Morgan fingerprint density at radius 2 is 1.58 bits per heavy atom. The molecule has 2 aromatic heterocycles. The second-order valence-electron chi connectivity index (χ2n) is 6.20. The lowest BCUT2D eigenvalue weighted by atomic mass is 10.2. The van der Waals surface area contributed by atoms with Crippen LogP contribution in [0.2, 0.25) is 0 Å². The van der Waals surface area contributed by atoms with Gasteiger partial charge in [-0.1, -0.05) is 36.4 Å². The number of piperazine rings is 1. The SMILES string of the molecule is C(=C\c1nccc(N2CCN(c3cccnc3)CC2)n1)/c1ccccc1. The molecule has 0 unspecified atom stereocenters. The van der Waals surface area contributed by atoms with Gasteiger partial charge in [0.25, 0.3) is 0 Å². The average Bonchev–Trinajstić information content (AvgIpc) is 2.74. The highest BCUT2D eigenvalue weighted by atomic mass is 15.3. The van der Waals surface area contributed by atoms with Crippen LogP contribution in [0.4, 0.5) is 11.5 Å². The predicted molar refractivity (Wildman–Crippen MR) is 106 cm³/mol. The summed E-state index contributed by atoms with van der Waals surface area (Å²) >= 11 is 0. The monoisotopic (exact) mass is 343 g/mol. The van der Waals surface area contributed by atoms with Crippen LogP contribution >= 0.6 is 0 Å². The van der Waals surface area contributed by atoms with Crippen molar-refractivity contribution >= 4 is 23.7 Å². The Morgan fingerprint density at radius 3 is 2.35 bits per heavy atom. The molecule has 0 atom stereocenters. The maximum atomic E-state index is 4.71. The van der Waals surface area contributed by atoms with Crippen LogP contribution in [0.3, 0.4) is 0 Å². The van der Waals surface area contributed by atoms with Crippen molar-refractivity contribution in [2.24, 2.45) is 0 Å². The summed E-state index contributed by atoms with van der Waals surface area (Å²) in [6, 6.07) is 16.3. The fourth-order valence-electron chi connectivity index (χ4n) is 3.09. The smallest absolute Gasteiger partial charge is 0.154 e. The average molecular weight is 343 g/mol. The van der Waals surface area contributed by atoms with Gasteiger partial charge in [-0.25, -0.2) is 9.97 Å². The number of pyridine rings is 1. The molecule has 26 heavy (non-hydrogen) atoms. The summed E-state index contributed by atoms with van der Waals surface area (Å²) in [6.45, 7) is 3.80. The van der Waals surface area contributed by atoms with E-state index in [1.165, 1.54) is 5.69 Å². The number of hydrogen-bond donors (Lipinski definition) is 0. The zero-order chi connectivity index (χ0) is 17.6. The van der Waals surface area contributed by atoms with Gasteiger partial charge in [-0.15, -0.1) is 0 Å². The summed E-state index contributed by atoms with van der Waals surface area (Å²) < 4.78 is 0. The van der Waals surface area contributed by atoms with Crippen LogP contribution < -0.4 is 9.80 Å². The summed E-state index contributed by atoms with van der Waals surface area (Å²) in [5, 5.41) is 0. The van der Waals surface area contributed by atoms with Gasteiger partial charge in [0.05, 0.1) is 11.9 Å². The van der Waals surface area contributed by atoms with Crippen molar-refractivity contribution in [2.45, 2.75) is 0 Å². The number of anilines is 2. The van der Waals surface area contributed by atoms with Crippen molar-refractivity contribution in [1.29, 1.82) is 0 Å². The summed E-state index contributed by atoms with van der Waals surface area (Å²) in [7, 11) is 0. The van der Waals surface area contributed by atoms with Gasteiger partial charge < -0.3 is 9.80 Å². The molecular formula is C21H21N5. The summed E-state index contributed by atoms with van der Waals surface area (Å²) in [5.41, 5.74) is 2.33. The van der Waals surface area contributed by atoms with E-state index in [9.17, 15) is 0 Å². The van der Waals surface area contributed by atoms with Gasteiger partial charge in [0.15, 0.2) is 5.82 Å². The maximum absolute atomic E-state index is 4.71. The molecular weight excluding hydrogens is 322 g/mol. The molecule has 3 heterocycles. The van der Waals surface area contributed by atoms with Crippen LogP contribution in [0.25, 0.3) is 12.2 Å². The highest BCUT2D eigenvalue weighted by molar-refractivity contribution is 5.67. The van der Waals surface area contributed by atoms with Crippen LogP contribution in [0, 0.1) is 0 Å². The van der Waals surface area contributed by atoms with E-state index in [0.29, 0.717) is 0 Å². The van der Waals surface area contributed by atoms with Crippen molar-refractivity contribution in [1.82, 2.24) is 15.0 Å². The van der Waals surface area contributed by atoms with Crippen LogP contribution in [0.5, 0.6) is 0 Å². The fraction of sp³-hybridized carbons (Fsp3) is 0.190. The van der Waals surface area contributed by atoms with Gasteiger partial charge in [-0.3, -0.25) is 4.98 Å². The predicted octanol–water partition coefficient (Wildman–Crippen LogP) is 3.37. The molecule has 1 fully saturated rings. The first-order valence-corrected chi connectivity index (χ1v) is 8.84. The van der Waals surface area contributed by atoms with E-state index in [1.807, 2.05) is 61.1 Å². The van der Waals surface area contributed by atoms with E-state index < -0.39 is 0 Å². The van der Waals surface area contributed by atoms with Crippen molar-refractivity contribution in [3.8, 4) is 0 Å². The third kappa shape index (κ3) is 3.88. The lowest BCUT2D eigenvalue weighted by Gasteiger charge is -2.36. The quantitative estimate of drug-likeness (QED) is 0.727. The molecule has 1 aromatic carbocycles. The minimum absolute atomic E-state index is 0.737. The fourth-order valence-corrected chi connectivity index (χ4v) is 3.09. The lowest BCUT2D eigenvalue weighted by Crippen LogP contribution is -2.46. The van der Waals surface area contributed by atoms with Crippen molar-refractivity contribution in [2.75, 3.05) is 36.0 Å². The Hall–Kier alpha value is -3.21. The number of benzene rings is 1. The third-order valence-corrected chi connectivity index (χ3v) is 4.50. The molecule has 4 rings (SSSR count). The standard InChI is InChI=1S/C21H21N5/c1-2-5-18(6-3-1)8-9-20-23-12-10-21(24-20)26-15-13-25(14-16-26)19-7-4-11-22-17-19/h1-12,17H,13-16H2/b9-8+. The summed E-state index contributed by atoms with van der Waals surface area (Å²) in [6.07, 6.45) is 9.57. The van der Waals surface area contributed by atoms with Gasteiger partial charge in [0.1, 0.15) is 5.82 Å². The Bertz CT molecular complexity index is 856. The maximum Gasteiger partial charge on any atom is 0.154 e. The Morgan fingerprint density at radius 1 is 0.769 bits per heavy atom. The van der Waals surface area contributed by atoms with E-state index >= 15 is 0 Å². The van der Waals surface area contributed by atoms with E-state index in [2.05, 4.69) is 38.0 Å². The van der Waals surface area contributed by atoms with E-state index in [-0.39, 0.29) is 0 Å². The normalized spacial score (nSPS) is 14.8. The zero-order valence-corrected chi connectivity index (χ0v) is 14.6. The first-order valence-electron chi connectivity index (χ1n) is 8.84. The van der Waals surface area contributed by atoms with Gasteiger partial charge >= 0.3 is 0 Å². The molecule has 0 amide bonds. The van der Waals surface area contributed by atoms with Crippen molar-refractivity contribution < 1.29 is 0 Å². The molecule has 130 valence electrons. The van der Waals surface area contributed by atoms with Gasteiger partial charge in [0, 0.05) is 38.6 Å². The summed E-state index contributed by atoms with van der Waals surface area (Å²) in [5.74, 6) is 1.72. The Labute approximate surface area is 153 Å². The molecule has 0 saturated carbocycles. The first-order chi connectivity index (χ1) is 12.9. The minimum atomic E-state index is 0.737. The second-order valence-corrected chi connectivity index (χ2v) is 6.20. The van der Waals surface area contributed by atoms with Gasteiger partial charge in [-0.05, 0) is 29.8 Å². The van der Waals surface area contributed by atoms with Crippen LogP contribution in [0.1, 0.15) is 11.4 Å². The van der Waals surface area contributed by atoms with E-state index in [4.69, 9.17) is 4.98 Å². The van der Waals surface area contributed by atoms with E-state index in [0.717, 1.165) is 43.4 Å². The molecule has 1 aliphatic rings. The molecule has 5 nitrogen and oxygen atoms in total. The molecule has 0 bridgehead atoms. The van der Waals surface area contributed by atoms with Crippen molar-refractivity contribution in [3.05, 3.63) is 78.5 Å². The zero-order valence-electron chi connectivity index (χ0n) is 14.6. The minimum Gasteiger partial charge on any atom is -0.367 e. The molecule has 1 saturated heterocycles. The summed E-state index contributed by atoms with van der Waals surface area (Å²) in [4.78, 5) is 18.0. The number of nitrogens with zero attached hydrogens (tertiary/aromatic N) is 5. The largest absolute Gasteiger partial charge is 0.367 e. The Balaban J connectivity index is 1.42. The van der Waals surface area contributed by atoms with E-state index in [1.54, 1.807) is 0 Å². The molecule has 3 aromatic rings. The number of hydrogen-bond acceptors (Lipinski definition) is 5. The second kappa shape index (κ2) is 7.78. The van der Waals surface area contributed by atoms with Gasteiger partial charge in [0.2, 0.25) is 0 Å². The third-order valence-electron chi connectivity index (χ3n) is 4.50. The molecule has 5 heteroatoms. The highest BCUT2D eigenvalue weighted by Crippen LogP contribution is 2.18. The van der Waals surface area contributed by atoms with Gasteiger partial charge in [-0.2, -0.15) is 0 Å². The molecule has 1 aliphatic heterocycles. The number of aromatic nitrogens is 3. The van der Waals surface area contributed by atoms with Crippen molar-refractivity contribution in [3.63, 3.8) is 0 Å². The highest BCUT2D eigenvalue weighted by Gasteiger charge is 2.18. The lowest BCUT2D eigenvalue weighted by molar-refractivity contribution is 0.645. The first kappa shape index (κ1) is 16.3. The molecule has 0 radical (unpaired) electrons. The number of rotatable bonds is 4. The van der Waals surface area contributed by atoms with Crippen LogP contribution in [-0.4, -0.2) is 41.1 Å². The molecule has 0 aliphatic carbocycles. The molecule has 0 spiro atoms.